The lowest BCUT2D eigenvalue weighted by atomic mass is 10.0. The van der Waals surface area contributed by atoms with E-state index in [1.807, 2.05) is 0 Å². The molecular formula is C24H34ClNO. The zero-order valence-corrected chi connectivity index (χ0v) is 17.4. The fourth-order valence-electron chi connectivity index (χ4n) is 3.90. The van der Waals surface area contributed by atoms with Crippen molar-refractivity contribution < 1.29 is 5.11 Å². The highest BCUT2D eigenvalue weighted by molar-refractivity contribution is 5.85. The first kappa shape index (κ1) is 21.9. The summed E-state index contributed by atoms with van der Waals surface area (Å²) >= 11 is 0. The van der Waals surface area contributed by atoms with Crippen LogP contribution in [0.15, 0.2) is 48.5 Å². The zero-order valence-electron chi connectivity index (χ0n) is 16.6. The van der Waals surface area contributed by atoms with Gasteiger partial charge in [-0.1, -0.05) is 61.9 Å². The molecule has 1 aliphatic heterocycles. The molecule has 27 heavy (non-hydrogen) atoms. The molecule has 148 valence electrons. The molecule has 1 N–H and O–H groups in total. The lowest BCUT2D eigenvalue weighted by molar-refractivity contribution is 0.153. The Morgan fingerprint density at radius 2 is 1.37 bits per heavy atom. The number of unbranched alkanes of at least 4 members (excludes halogenated alkanes) is 1. The maximum atomic E-state index is 9.45. The molecule has 2 aromatic rings. The van der Waals surface area contributed by atoms with Crippen LogP contribution < -0.4 is 0 Å². The van der Waals surface area contributed by atoms with E-state index in [0.29, 0.717) is 6.04 Å². The number of hydrogen-bond donors (Lipinski definition) is 1. The molecule has 2 nitrogen and oxygen atoms in total. The molecule has 0 unspecified atom stereocenters. The Morgan fingerprint density at radius 1 is 0.852 bits per heavy atom. The Morgan fingerprint density at radius 3 is 1.89 bits per heavy atom. The number of aryl methyl sites for hydroxylation is 3. The van der Waals surface area contributed by atoms with Gasteiger partial charge in [-0.05, 0) is 67.3 Å². The van der Waals surface area contributed by atoms with Crippen molar-refractivity contribution in [3.05, 3.63) is 70.8 Å². The summed E-state index contributed by atoms with van der Waals surface area (Å²) in [6.45, 7) is 4.61. The molecule has 1 aliphatic rings. The van der Waals surface area contributed by atoms with Crippen LogP contribution in [-0.4, -0.2) is 29.2 Å². The smallest absolute Gasteiger partial charge is 0.0587 e. The van der Waals surface area contributed by atoms with Crippen molar-refractivity contribution in [3.63, 3.8) is 0 Å². The van der Waals surface area contributed by atoms with Crippen molar-refractivity contribution in [1.82, 2.24) is 4.90 Å². The highest BCUT2D eigenvalue weighted by Crippen LogP contribution is 2.20. The van der Waals surface area contributed by atoms with E-state index < -0.39 is 0 Å². The third-order valence-electron chi connectivity index (χ3n) is 5.66. The van der Waals surface area contributed by atoms with Crippen LogP contribution in [0.25, 0.3) is 0 Å². The van der Waals surface area contributed by atoms with E-state index in [1.165, 1.54) is 47.9 Å². The van der Waals surface area contributed by atoms with E-state index in [2.05, 4.69) is 60.4 Å². The van der Waals surface area contributed by atoms with Gasteiger partial charge in [-0.3, -0.25) is 4.90 Å². The van der Waals surface area contributed by atoms with E-state index in [9.17, 15) is 5.11 Å². The number of aliphatic hydroxyl groups excluding tert-OH is 1. The Kier molecular flexibility index (Phi) is 9.33. The van der Waals surface area contributed by atoms with Gasteiger partial charge in [0, 0.05) is 12.6 Å². The molecule has 0 aliphatic carbocycles. The van der Waals surface area contributed by atoms with Gasteiger partial charge in [0.05, 0.1) is 6.61 Å². The summed E-state index contributed by atoms with van der Waals surface area (Å²) in [5, 5.41) is 9.45. The minimum atomic E-state index is 0. The van der Waals surface area contributed by atoms with Crippen molar-refractivity contribution in [2.24, 2.45) is 0 Å². The molecule has 2 aromatic carbocycles. The van der Waals surface area contributed by atoms with Crippen LogP contribution in [-0.2, 0) is 25.8 Å². The summed E-state index contributed by atoms with van der Waals surface area (Å²) in [7, 11) is 0. The number of rotatable bonds is 9. The van der Waals surface area contributed by atoms with Crippen molar-refractivity contribution in [3.8, 4) is 0 Å². The Balaban J connectivity index is 0.00000261. The van der Waals surface area contributed by atoms with Crippen molar-refractivity contribution in [2.45, 2.75) is 64.5 Å². The lowest BCUT2D eigenvalue weighted by Crippen LogP contribution is -2.31. The topological polar surface area (TPSA) is 23.5 Å². The highest BCUT2D eigenvalue weighted by atomic mass is 35.5. The van der Waals surface area contributed by atoms with Crippen LogP contribution in [0.1, 0.15) is 54.9 Å². The van der Waals surface area contributed by atoms with Crippen LogP contribution in [0.2, 0.25) is 0 Å². The van der Waals surface area contributed by atoms with Gasteiger partial charge in [-0.2, -0.15) is 0 Å². The van der Waals surface area contributed by atoms with Gasteiger partial charge in [-0.15, -0.1) is 12.4 Å². The van der Waals surface area contributed by atoms with Crippen molar-refractivity contribution in [1.29, 1.82) is 0 Å². The maximum absolute atomic E-state index is 9.45. The second-order valence-corrected chi connectivity index (χ2v) is 7.69. The normalized spacial score (nSPS) is 17.0. The highest BCUT2D eigenvalue weighted by Gasteiger charge is 2.23. The maximum Gasteiger partial charge on any atom is 0.0587 e. The lowest BCUT2D eigenvalue weighted by Gasteiger charge is -2.22. The molecule has 3 heteroatoms. The standard InChI is InChI=1S/C24H33NO.ClH/c1-2-3-5-20-7-9-21(10-8-20)11-12-22-13-15-23(16-14-22)18-25-17-4-6-24(25)19-26;/h7-10,13-16,24,26H,2-6,11-12,17-19H2,1H3;1H/t24-;/m1./s1. The molecule has 1 saturated heterocycles. The molecule has 0 amide bonds. The van der Waals surface area contributed by atoms with Crippen molar-refractivity contribution >= 4 is 12.4 Å². The molecule has 0 radical (unpaired) electrons. The SMILES string of the molecule is CCCCc1ccc(CCc2ccc(CN3CCC[C@@H]3CO)cc2)cc1.Cl. The molecule has 0 bridgehead atoms. The quantitative estimate of drug-likeness (QED) is 0.639. The third-order valence-corrected chi connectivity index (χ3v) is 5.66. The second kappa shape index (κ2) is 11.5. The van der Waals surface area contributed by atoms with Crippen LogP contribution in [0.3, 0.4) is 0 Å². The van der Waals surface area contributed by atoms with E-state index in [0.717, 1.165) is 32.4 Å². The first-order valence-corrected chi connectivity index (χ1v) is 10.3. The molecule has 0 saturated carbocycles. The summed E-state index contributed by atoms with van der Waals surface area (Å²) in [4.78, 5) is 2.41. The second-order valence-electron chi connectivity index (χ2n) is 7.69. The largest absolute Gasteiger partial charge is 0.395 e. The Bertz CT molecular complexity index is 653. The van der Waals surface area contributed by atoms with Gasteiger partial charge < -0.3 is 5.11 Å². The molecule has 0 aromatic heterocycles. The Labute approximate surface area is 171 Å². The minimum Gasteiger partial charge on any atom is -0.395 e. The van der Waals surface area contributed by atoms with Crippen LogP contribution in [0.4, 0.5) is 0 Å². The summed E-state index contributed by atoms with van der Waals surface area (Å²) in [5.41, 5.74) is 5.65. The van der Waals surface area contributed by atoms with Crippen LogP contribution in [0, 0.1) is 0 Å². The number of nitrogens with zero attached hydrogens (tertiary/aromatic N) is 1. The summed E-state index contributed by atoms with van der Waals surface area (Å²) < 4.78 is 0. The average Bonchev–Trinajstić information content (AvgIpc) is 3.14. The molecule has 3 rings (SSSR count). The van der Waals surface area contributed by atoms with Gasteiger partial charge in [0.15, 0.2) is 0 Å². The predicted octanol–water partition coefficient (Wildman–Crippen LogP) is 5.19. The van der Waals surface area contributed by atoms with Gasteiger partial charge in [0.2, 0.25) is 0 Å². The number of aliphatic hydroxyl groups is 1. The number of hydrogen-bond acceptors (Lipinski definition) is 2. The van der Waals surface area contributed by atoms with Crippen molar-refractivity contribution in [2.75, 3.05) is 13.2 Å². The van der Waals surface area contributed by atoms with E-state index >= 15 is 0 Å². The summed E-state index contributed by atoms with van der Waals surface area (Å²) in [6, 6.07) is 18.6. The molecule has 1 fully saturated rings. The van der Waals surface area contributed by atoms with Crippen LogP contribution in [0.5, 0.6) is 0 Å². The molecule has 1 atom stereocenters. The first-order chi connectivity index (χ1) is 12.8. The summed E-state index contributed by atoms with van der Waals surface area (Å²) in [6.07, 6.45) is 8.28. The fourth-order valence-corrected chi connectivity index (χ4v) is 3.90. The fraction of sp³-hybridized carbons (Fsp3) is 0.500. The monoisotopic (exact) mass is 387 g/mol. The number of benzene rings is 2. The first-order valence-electron chi connectivity index (χ1n) is 10.3. The predicted molar refractivity (Wildman–Crippen MR) is 117 cm³/mol. The van der Waals surface area contributed by atoms with Gasteiger partial charge in [-0.25, -0.2) is 0 Å². The molecule has 0 spiro atoms. The summed E-state index contributed by atoms with van der Waals surface area (Å²) in [5.74, 6) is 0. The molecule has 1 heterocycles. The van der Waals surface area contributed by atoms with E-state index in [1.54, 1.807) is 0 Å². The number of halogens is 1. The van der Waals surface area contributed by atoms with Gasteiger partial charge in [0.25, 0.3) is 0 Å². The number of likely N-dealkylation sites (tertiary alicyclic amines) is 1. The minimum absolute atomic E-state index is 0. The zero-order chi connectivity index (χ0) is 18.2. The Hall–Kier alpha value is -1.35. The molecular weight excluding hydrogens is 354 g/mol. The van der Waals surface area contributed by atoms with Gasteiger partial charge in [0.1, 0.15) is 0 Å². The van der Waals surface area contributed by atoms with E-state index in [-0.39, 0.29) is 19.0 Å². The average molecular weight is 388 g/mol. The van der Waals surface area contributed by atoms with Crippen LogP contribution >= 0.6 is 12.4 Å². The van der Waals surface area contributed by atoms with Gasteiger partial charge >= 0.3 is 0 Å². The van der Waals surface area contributed by atoms with E-state index in [4.69, 9.17) is 0 Å². The third kappa shape index (κ3) is 6.64.